The normalized spacial score (nSPS) is 19.7. The van der Waals surface area contributed by atoms with E-state index >= 15 is 0 Å². The van der Waals surface area contributed by atoms with Crippen LogP contribution < -0.4 is 10.2 Å². The van der Waals surface area contributed by atoms with Gasteiger partial charge in [0.15, 0.2) is 0 Å². The highest BCUT2D eigenvalue weighted by atomic mass is 16.6. The predicted molar refractivity (Wildman–Crippen MR) is 158 cm³/mol. The van der Waals surface area contributed by atoms with Crippen molar-refractivity contribution in [2.45, 2.75) is 84.0 Å². The van der Waals surface area contributed by atoms with Gasteiger partial charge in [-0.3, -0.25) is 9.48 Å². The molecule has 2 aliphatic heterocycles. The van der Waals surface area contributed by atoms with Crippen LogP contribution in [0.5, 0.6) is 0 Å². The van der Waals surface area contributed by atoms with Crippen molar-refractivity contribution in [3.63, 3.8) is 0 Å². The minimum absolute atomic E-state index is 0.126. The molecule has 0 aliphatic carbocycles. The fraction of sp³-hybridized carbons (Fsp3) is 0.469. The highest BCUT2D eigenvalue weighted by molar-refractivity contribution is 5.95. The van der Waals surface area contributed by atoms with Gasteiger partial charge in [0, 0.05) is 48.7 Å². The zero-order valence-corrected chi connectivity index (χ0v) is 24.3. The molecule has 2 amide bonds. The lowest BCUT2D eigenvalue weighted by Gasteiger charge is -2.40. The number of benzene rings is 2. The van der Waals surface area contributed by atoms with Crippen LogP contribution in [0.1, 0.15) is 77.9 Å². The first-order valence-electron chi connectivity index (χ1n) is 14.4. The third-order valence-electron chi connectivity index (χ3n) is 7.81. The number of likely N-dealkylation sites (tertiary alicyclic amines) is 1. The van der Waals surface area contributed by atoms with E-state index in [2.05, 4.69) is 59.9 Å². The molecule has 2 aliphatic rings. The van der Waals surface area contributed by atoms with E-state index in [4.69, 9.17) is 4.74 Å². The largest absolute Gasteiger partial charge is 0.444 e. The van der Waals surface area contributed by atoms with Gasteiger partial charge in [-0.05, 0) is 76.3 Å². The number of aromatic nitrogens is 2. The van der Waals surface area contributed by atoms with Gasteiger partial charge in [-0.25, -0.2) is 4.79 Å². The van der Waals surface area contributed by atoms with Crippen molar-refractivity contribution in [3.05, 3.63) is 66.5 Å². The Bertz CT molecular complexity index is 1340. The number of carbonyl (C=O) groups excluding carboxylic acids is 2. The summed E-state index contributed by atoms with van der Waals surface area (Å²) in [7, 11) is 0. The summed E-state index contributed by atoms with van der Waals surface area (Å²) in [6, 6.07) is 17.2. The lowest BCUT2D eigenvalue weighted by Crippen LogP contribution is -2.44. The van der Waals surface area contributed by atoms with Crippen LogP contribution >= 0.6 is 0 Å². The second kappa shape index (κ2) is 11.4. The van der Waals surface area contributed by atoms with Crippen molar-refractivity contribution in [1.82, 2.24) is 14.7 Å². The van der Waals surface area contributed by atoms with Crippen molar-refractivity contribution in [2.75, 3.05) is 23.3 Å². The number of hydrogen-bond donors (Lipinski definition) is 1. The molecule has 0 unspecified atom stereocenters. The van der Waals surface area contributed by atoms with E-state index in [1.165, 1.54) is 0 Å². The van der Waals surface area contributed by atoms with E-state index in [0.29, 0.717) is 19.5 Å². The molecule has 5 rings (SSSR count). The summed E-state index contributed by atoms with van der Waals surface area (Å²) >= 11 is 0. The van der Waals surface area contributed by atoms with Crippen LogP contribution in [-0.2, 0) is 9.53 Å². The van der Waals surface area contributed by atoms with E-state index in [1.54, 1.807) is 4.90 Å². The van der Waals surface area contributed by atoms with Gasteiger partial charge in [-0.1, -0.05) is 37.3 Å². The summed E-state index contributed by atoms with van der Waals surface area (Å²) < 4.78 is 7.56. The van der Waals surface area contributed by atoms with Crippen molar-refractivity contribution in [1.29, 1.82) is 0 Å². The second-order valence-corrected chi connectivity index (χ2v) is 11.9. The maximum absolute atomic E-state index is 12.6. The number of para-hydroxylation sites is 1. The zero-order chi connectivity index (χ0) is 28.4. The molecule has 3 aromatic rings. The minimum Gasteiger partial charge on any atom is -0.444 e. The van der Waals surface area contributed by atoms with Gasteiger partial charge in [0.25, 0.3) is 0 Å². The lowest BCUT2D eigenvalue weighted by molar-refractivity contribution is -0.118. The molecule has 3 heterocycles. The zero-order valence-electron chi connectivity index (χ0n) is 24.3. The molecule has 1 N–H and O–H groups in total. The van der Waals surface area contributed by atoms with E-state index in [-0.39, 0.29) is 30.1 Å². The maximum Gasteiger partial charge on any atom is 0.410 e. The van der Waals surface area contributed by atoms with E-state index in [9.17, 15) is 9.59 Å². The second-order valence-electron chi connectivity index (χ2n) is 11.9. The quantitative estimate of drug-likeness (QED) is 0.382. The van der Waals surface area contributed by atoms with Gasteiger partial charge >= 0.3 is 6.09 Å². The first-order chi connectivity index (χ1) is 19.1. The Morgan fingerprint density at radius 1 is 1.02 bits per heavy atom. The number of anilines is 2. The molecular formula is C32H41N5O3. The van der Waals surface area contributed by atoms with Gasteiger partial charge in [-0.15, -0.1) is 0 Å². The number of hydrogen-bond acceptors (Lipinski definition) is 5. The standard InChI is InChI=1S/C32H41N5O3/c1-6-30(38)37-22(2)19-28(27-9-7-8-10-29(27)37)34-25-13-11-23(12-14-25)24-20-33-36(21-24)26-15-17-35(18-16-26)31(39)40-32(3,4)5/h7-14,20-22,26,28,34H,6,15-19H2,1-5H3/t22-,28+/m0/s1. The molecule has 1 fully saturated rings. The molecule has 8 heteroatoms. The molecule has 0 spiro atoms. The Hall–Kier alpha value is -3.81. The highest BCUT2D eigenvalue weighted by Gasteiger charge is 2.33. The number of nitrogens with zero attached hydrogens (tertiary/aromatic N) is 4. The van der Waals surface area contributed by atoms with Gasteiger partial charge < -0.3 is 19.9 Å². The summed E-state index contributed by atoms with van der Waals surface area (Å²) in [6.07, 6.45) is 6.84. The number of nitrogens with one attached hydrogen (secondary N) is 1. The van der Waals surface area contributed by atoms with Crippen LogP contribution in [0.15, 0.2) is 60.9 Å². The van der Waals surface area contributed by atoms with Gasteiger partial charge in [0.05, 0.1) is 18.3 Å². The third-order valence-corrected chi connectivity index (χ3v) is 7.81. The van der Waals surface area contributed by atoms with Crippen LogP contribution in [0.25, 0.3) is 11.1 Å². The Labute approximate surface area is 237 Å². The van der Waals surface area contributed by atoms with Crippen molar-refractivity contribution in [3.8, 4) is 11.1 Å². The molecule has 0 radical (unpaired) electrons. The molecule has 212 valence electrons. The Kier molecular flexibility index (Phi) is 7.88. The SMILES string of the molecule is CCC(=O)N1c2ccccc2[C@H](Nc2ccc(-c3cnn(C4CCN(C(=O)OC(C)(C)C)CC4)c3)cc2)C[C@@H]1C. The lowest BCUT2D eigenvalue weighted by atomic mass is 9.91. The number of rotatable bonds is 5. The Balaban J connectivity index is 1.22. The molecule has 1 aromatic heterocycles. The van der Waals surface area contributed by atoms with Crippen LogP contribution in [0.4, 0.5) is 16.2 Å². The average Bonchev–Trinajstić information content (AvgIpc) is 3.43. The minimum atomic E-state index is -0.481. The molecule has 8 nitrogen and oxygen atoms in total. The first kappa shape index (κ1) is 27.7. The van der Waals surface area contributed by atoms with Crippen LogP contribution in [0.3, 0.4) is 0 Å². The molecule has 40 heavy (non-hydrogen) atoms. The maximum atomic E-state index is 12.6. The summed E-state index contributed by atoms with van der Waals surface area (Å²) in [6.45, 7) is 11.1. The molecular weight excluding hydrogens is 502 g/mol. The number of carbonyl (C=O) groups is 2. The number of ether oxygens (including phenoxy) is 1. The van der Waals surface area contributed by atoms with E-state index in [1.807, 2.05) is 55.6 Å². The number of fused-ring (bicyclic) bond motifs is 1. The molecule has 1 saturated heterocycles. The van der Waals surface area contributed by atoms with E-state index in [0.717, 1.165) is 47.3 Å². The van der Waals surface area contributed by atoms with E-state index < -0.39 is 5.60 Å². The summed E-state index contributed by atoms with van der Waals surface area (Å²) in [4.78, 5) is 28.8. The summed E-state index contributed by atoms with van der Waals surface area (Å²) in [5.41, 5.74) is 4.92. The molecule has 2 aromatic carbocycles. The van der Waals surface area contributed by atoms with Crippen molar-refractivity contribution in [2.24, 2.45) is 0 Å². The van der Waals surface area contributed by atoms with Gasteiger partial charge in [-0.2, -0.15) is 5.10 Å². The van der Waals surface area contributed by atoms with Gasteiger partial charge in [0.2, 0.25) is 5.91 Å². The smallest absolute Gasteiger partial charge is 0.410 e. The molecule has 0 saturated carbocycles. The number of piperidine rings is 1. The summed E-state index contributed by atoms with van der Waals surface area (Å²) in [5.74, 6) is 0.164. The first-order valence-corrected chi connectivity index (χ1v) is 14.4. The molecule has 2 atom stereocenters. The Morgan fingerprint density at radius 3 is 2.40 bits per heavy atom. The average molecular weight is 544 g/mol. The number of amides is 2. The molecule has 0 bridgehead atoms. The third kappa shape index (κ3) is 6.01. The van der Waals surface area contributed by atoms with Crippen LogP contribution in [-0.4, -0.2) is 51.4 Å². The highest BCUT2D eigenvalue weighted by Crippen LogP contribution is 2.39. The monoisotopic (exact) mass is 543 g/mol. The van der Waals surface area contributed by atoms with Crippen LogP contribution in [0.2, 0.25) is 0 Å². The fourth-order valence-electron chi connectivity index (χ4n) is 5.79. The Morgan fingerprint density at radius 2 is 1.73 bits per heavy atom. The fourth-order valence-corrected chi connectivity index (χ4v) is 5.79. The van der Waals surface area contributed by atoms with Crippen molar-refractivity contribution >= 4 is 23.4 Å². The topological polar surface area (TPSA) is 79.7 Å². The van der Waals surface area contributed by atoms with Gasteiger partial charge in [0.1, 0.15) is 5.60 Å². The predicted octanol–water partition coefficient (Wildman–Crippen LogP) is 6.81. The van der Waals surface area contributed by atoms with Crippen LogP contribution in [0, 0.1) is 0 Å². The van der Waals surface area contributed by atoms with Crippen molar-refractivity contribution < 1.29 is 14.3 Å². The summed E-state index contributed by atoms with van der Waals surface area (Å²) in [5, 5.41) is 8.36.